The fourth-order valence-corrected chi connectivity index (χ4v) is 5.58. The Morgan fingerprint density at radius 2 is 1.91 bits per heavy atom. The van der Waals surface area contributed by atoms with Crippen molar-refractivity contribution in [3.05, 3.63) is 94.9 Å². The van der Waals surface area contributed by atoms with Crippen LogP contribution in [0, 0.1) is 29.2 Å². The second kappa shape index (κ2) is 10.8. The minimum Gasteiger partial charge on any atom is -0.493 e. The third kappa shape index (κ3) is 4.78. The van der Waals surface area contributed by atoms with Crippen molar-refractivity contribution in [2.45, 2.75) is 32.1 Å². The fraction of sp³-hybridized carbons (Fsp3) is 0.250. The summed E-state index contributed by atoms with van der Waals surface area (Å²) >= 11 is 0. The number of nitrogens with zero attached hydrogens (tertiary/aromatic N) is 1. The van der Waals surface area contributed by atoms with Gasteiger partial charge in [0.25, 0.3) is 0 Å². The SMILES string of the molecule is COC(=O)[C@H](C)Cc1cccc2c1OCCC2(C)c1c[nH]c(-c2cc(Oc3c(F)c(F)c4[nH]ccc4c3F)ccc2F)n1. The number of imidazole rings is 1. The van der Waals surface area contributed by atoms with Gasteiger partial charge in [-0.1, -0.05) is 25.1 Å². The van der Waals surface area contributed by atoms with E-state index in [0.717, 1.165) is 17.2 Å². The van der Waals surface area contributed by atoms with E-state index in [1.807, 2.05) is 25.1 Å². The zero-order chi connectivity index (χ0) is 30.5. The molecule has 0 fully saturated rings. The quantitative estimate of drug-likeness (QED) is 0.117. The number of esters is 1. The maximum Gasteiger partial charge on any atom is 0.308 e. The lowest BCUT2D eigenvalue weighted by Crippen LogP contribution is -2.32. The molecule has 3 heterocycles. The third-order valence-electron chi connectivity index (χ3n) is 8.02. The maximum atomic E-state index is 15.1. The van der Waals surface area contributed by atoms with Crippen LogP contribution < -0.4 is 9.47 Å². The Bertz CT molecular complexity index is 1870. The molecular weight excluding hydrogens is 566 g/mol. The number of hydrogen-bond acceptors (Lipinski definition) is 5. The van der Waals surface area contributed by atoms with Crippen molar-refractivity contribution in [1.29, 1.82) is 0 Å². The van der Waals surface area contributed by atoms with Gasteiger partial charge in [0.15, 0.2) is 11.6 Å². The summed E-state index contributed by atoms with van der Waals surface area (Å²) in [6.07, 6.45) is 3.97. The van der Waals surface area contributed by atoms with E-state index in [4.69, 9.17) is 19.2 Å². The number of carbonyl (C=O) groups excluding carboxylic acids is 1. The monoisotopic (exact) mass is 593 g/mol. The van der Waals surface area contributed by atoms with Crippen molar-refractivity contribution < 1.29 is 36.6 Å². The number of fused-ring (bicyclic) bond motifs is 2. The highest BCUT2D eigenvalue weighted by Crippen LogP contribution is 2.45. The van der Waals surface area contributed by atoms with Gasteiger partial charge in [0.05, 0.1) is 36.4 Å². The molecule has 0 bridgehead atoms. The van der Waals surface area contributed by atoms with Crippen molar-refractivity contribution >= 4 is 16.9 Å². The first-order valence-electron chi connectivity index (χ1n) is 13.6. The van der Waals surface area contributed by atoms with Crippen molar-refractivity contribution in [2.24, 2.45) is 5.92 Å². The summed E-state index contributed by atoms with van der Waals surface area (Å²) in [5.74, 6) is -5.45. The van der Waals surface area contributed by atoms with E-state index >= 15 is 4.39 Å². The fourth-order valence-electron chi connectivity index (χ4n) is 5.58. The Balaban J connectivity index is 1.33. The minimum atomic E-state index is -1.51. The molecule has 0 spiro atoms. The number of benzene rings is 3. The van der Waals surface area contributed by atoms with Crippen LogP contribution >= 0.6 is 0 Å². The first-order valence-corrected chi connectivity index (χ1v) is 13.6. The van der Waals surface area contributed by atoms with Crippen molar-refractivity contribution in [3.63, 3.8) is 0 Å². The van der Waals surface area contributed by atoms with Crippen molar-refractivity contribution in [1.82, 2.24) is 15.0 Å². The summed E-state index contributed by atoms with van der Waals surface area (Å²) in [5.41, 5.74) is 1.40. The standard InChI is InChI=1S/C32H27F4N3O4/c1-16(31(40)41-3)13-17-5-4-6-21-28(17)42-12-10-32(21,2)23-15-38-30(39-23)20-14-18(7-8-22(20)33)43-29-24(34)19-9-11-37-27(19)25(35)26(29)36/h4-9,11,14-16,37H,10,12-13H2,1-3H3,(H,38,39)/t16-,32?/m1/s1. The molecule has 7 nitrogen and oxygen atoms in total. The van der Waals surface area contributed by atoms with Crippen LogP contribution in [-0.2, 0) is 21.4 Å². The van der Waals surface area contributed by atoms with E-state index in [2.05, 4.69) is 9.97 Å². The Labute approximate surface area is 243 Å². The largest absolute Gasteiger partial charge is 0.493 e. The lowest BCUT2D eigenvalue weighted by atomic mass is 9.74. The molecule has 2 aromatic heterocycles. The number of aromatic nitrogens is 3. The highest BCUT2D eigenvalue weighted by molar-refractivity contribution is 5.82. The van der Waals surface area contributed by atoms with Crippen LogP contribution in [0.4, 0.5) is 17.6 Å². The van der Waals surface area contributed by atoms with Gasteiger partial charge in [-0.25, -0.2) is 18.2 Å². The number of halogens is 4. The molecule has 1 unspecified atom stereocenters. The summed E-state index contributed by atoms with van der Waals surface area (Å²) in [5, 5.41) is -0.181. The summed E-state index contributed by atoms with van der Waals surface area (Å²) in [6, 6.07) is 10.5. The molecule has 0 radical (unpaired) electrons. The summed E-state index contributed by atoms with van der Waals surface area (Å²) in [7, 11) is 1.35. The van der Waals surface area contributed by atoms with Crippen LogP contribution in [0.2, 0.25) is 0 Å². The van der Waals surface area contributed by atoms with E-state index in [-0.39, 0.29) is 39.9 Å². The number of para-hydroxylation sites is 1. The smallest absolute Gasteiger partial charge is 0.308 e. The highest BCUT2D eigenvalue weighted by atomic mass is 19.2. The summed E-state index contributed by atoms with van der Waals surface area (Å²) in [4.78, 5) is 22.2. The molecule has 2 atom stereocenters. The molecule has 0 saturated carbocycles. The average molecular weight is 594 g/mol. The number of rotatable bonds is 7. The van der Waals surface area contributed by atoms with Gasteiger partial charge in [-0.2, -0.15) is 4.39 Å². The molecule has 2 N–H and O–H groups in total. The van der Waals surface area contributed by atoms with Gasteiger partial charge in [0.2, 0.25) is 11.6 Å². The number of H-pyrrole nitrogens is 2. The van der Waals surface area contributed by atoms with Crippen LogP contribution in [-0.4, -0.2) is 34.6 Å². The topological polar surface area (TPSA) is 89.2 Å². The molecule has 6 rings (SSSR count). The molecule has 0 amide bonds. The summed E-state index contributed by atoms with van der Waals surface area (Å²) in [6.45, 7) is 4.19. The third-order valence-corrected chi connectivity index (χ3v) is 8.02. The van der Waals surface area contributed by atoms with Crippen LogP contribution in [0.5, 0.6) is 17.2 Å². The van der Waals surface area contributed by atoms with Crippen LogP contribution in [0.3, 0.4) is 0 Å². The molecule has 5 aromatic rings. The first kappa shape index (κ1) is 28.3. The number of hydrogen-bond donors (Lipinski definition) is 2. The predicted molar refractivity (Wildman–Crippen MR) is 150 cm³/mol. The molecule has 43 heavy (non-hydrogen) atoms. The zero-order valence-corrected chi connectivity index (χ0v) is 23.5. The number of ether oxygens (including phenoxy) is 3. The molecule has 0 saturated heterocycles. The second-order valence-corrected chi connectivity index (χ2v) is 10.8. The zero-order valence-electron chi connectivity index (χ0n) is 23.5. The Hall–Kier alpha value is -4.80. The number of nitrogens with one attached hydrogen (secondary N) is 2. The summed E-state index contributed by atoms with van der Waals surface area (Å²) < 4.78 is 75.6. The van der Waals surface area contributed by atoms with Crippen LogP contribution in [0.25, 0.3) is 22.3 Å². The number of carbonyl (C=O) groups is 1. The van der Waals surface area contributed by atoms with Gasteiger partial charge in [0, 0.05) is 28.8 Å². The molecule has 11 heteroatoms. The lowest BCUT2D eigenvalue weighted by molar-refractivity contribution is -0.144. The molecule has 3 aromatic carbocycles. The van der Waals surface area contributed by atoms with E-state index in [1.165, 1.54) is 31.5 Å². The Morgan fingerprint density at radius 3 is 2.70 bits per heavy atom. The van der Waals surface area contributed by atoms with Gasteiger partial charge in [-0.3, -0.25) is 4.79 Å². The maximum absolute atomic E-state index is 15.1. The van der Waals surface area contributed by atoms with Gasteiger partial charge >= 0.3 is 5.97 Å². The second-order valence-electron chi connectivity index (χ2n) is 10.8. The average Bonchev–Trinajstić information content (AvgIpc) is 3.70. The molecular formula is C32H27F4N3O4. The Kier molecular flexibility index (Phi) is 7.11. The van der Waals surface area contributed by atoms with E-state index in [1.54, 1.807) is 13.1 Å². The number of methoxy groups -OCH3 is 1. The number of aromatic amines is 2. The lowest BCUT2D eigenvalue weighted by Gasteiger charge is -2.35. The van der Waals surface area contributed by atoms with Crippen molar-refractivity contribution in [3.8, 4) is 28.6 Å². The van der Waals surface area contributed by atoms with E-state index in [0.29, 0.717) is 30.9 Å². The molecule has 0 aliphatic carbocycles. The van der Waals surface area contributed by atoms with Gasteiger partial charge in [-0.05, 0) is 49.6 Å². The first-order chi connectivity index (χ1) is 20.6. The minimum absolute atomic E-state index is 0.00991. The van der Waals surface area contributed by atoms with Crippen LogP contribution in [0.1, 0.15) is 37.1 Å². The molecule has 1 aliphatic rings. The van der Waals surface area contributed by atoms with E-state index in [9.17, 15) is 18.0 Å². The molecule has 1 aliphatic heterocycles. The van der Waals surface area contributed by atoms with Gasteiger partial charge in [0.1, 0.15) is 23.1 Å². The highest BCUT2D eigenvalue weighted by Gasteiger charge is 2.38. The van der Waals surface area contributed by atoms with Crippen LogP contribution in [0.15, 0.2) is 54.9 Å². The van der Waals surface area contributed by atoms with Crippen molar-refractivity contribution in [2.75, 3.05) is 13.7 Å². The van der Waals surface area contributed by atoms with Gasteiger partial charge < -0.3 is 24.2 Å². The van der Waals surface area contributed by atoms with E-state index < -0.39 is 34.4 Å². The van der Waals surface area contributed by atoms with Gasteiger partial charge in [-0.15, -0.1) is 0 Å². The normalized spacial score (nSPS) is 16.9. The molecule has 222 valence electrons. The Morgan fingerprint density at radius 1 is 1.09 bits per heavy atom. The predicted octanol–water partition coefficient (Wildman–Crippen LogP) is 7.35.